The van der Waals surface area contributed by atoms with Crippen LogP contribution in [0.2, 0.25) is 0 Å². The Balaban J connectivity index is 1.90. The molecule has 4 nitrogen and oxygen atoms in total. The summed E-state index contributed by atoms with van der Waals surface area (Å²) in [6.07, 6.45) is 2.02. The number of hydrogen-bond donors (Lipinski definition) is 1. The summed E-state index contributed by atoms with van der Waals surface area (Å²) in [4.78, 5) is 13.9. The number of esters is 1. The standard InChI is InChI=1S/C18H18N2O2S/c1-20-13-6-4-3-5-10(13)11-7-8-14-12(17(11)20)9-15(23-14)16(19)18(21)22-2/h3-6,9,16H,7-8,19H2,1-2H3. The fraction of sp³-hybridized carbons (Fsp3) is 0.278. The average Bonchev–Trinajstić information content (AvgIpc) is 3.13. The van der Waals surface area contributed by atoms with E-state index in [9.17, 15) is 4.79 Å². The van der Waals surface area contributed by atoms with Crippen molar-refractivity contribution in [3.8, 4) is 11.3 Å². The molecular weight excluding hydrogens is 308 g/mol. The van der Waals surface area contributed by atoms with Gasteiger partial charge >= 0.3 is 5.97 Å². The van der Waals surface area contributed by atoms with Crippen LogP contribution < -0.4 is 5.73 Å². The first kappa shape index (κ1) is 14.5. The van der Waals surface area contributed by atoms with Gasteiger partial charge in [0, 0.05) is 33.3 Å². The second-order valence-electron chi connectivity index (χ2n) is 5.89. The molecule has 3 aromatic rings. The van der Waals surface area contributed by atoms with Crippen molar-refractivity contribution >= 4 is 28.2 Å². The Kier molecular flexibility index (Phi) is 3.28. The number of carbonyl (C=O) groups excluding carboxylic acids is 1. The van der Waals surface area contributed by atoms with Gasteiger partial charge in [-0.2, -0.15) is 0 Å². The van der Waals surface area contributed by atoms with Gasteiger partial charge in [-0.1, -0.05) is 18.2 Å². The van der Waals surface area contributed by atoms with Crippen molar-refractivity contribution in [2.24, 2.45) is 12.8 Å². The molecule has 1 atom stereocenters. The number of benzene rings is 1. The largest absolute Gasteiger partial charge is 0.468 e. The maximum atomic E-state index is 11.7. The molecule has 2 N–H and O–H groups in total. The van der Waals surface area contributed by atoms with Gasteiger partial charge in [0.2, 0.25) is 0 Å². The maximum absolute atomic E-state index is 11.7. The molecule has 2 heterocycles. The van der Waals surface area contributed by atoms with Crippen molar-refractivity contribution < 1.29 is 9.53 Å². The summed E-state index contributed by atoms with van der Waals surface area (Å²) in [6, 6.07) is 9.87. The molecule has 1 aliphatic carbocycles. The topological polar surface area (TPSA) is 57.2 Å². The van der Waals surface area contributed by atoms with Crippen LogP contribution in [0.25, 0.3) is 22.2 Å². The van der Waals surface area contributed by atoms with E-state index in [2.05, 4.69) is 41.9 Å². The lowest BCUT2D eigenvalue weighted by Crippen LogP contribution is -2.21. The zero-order valence-corrected chi connectivity index (χ0v) is 13.9. The van der Waals surface area contributed by atoms with Gasteiger partial charge < -0.3 is 15.0 Å². The summed E-state index contributed by atoms with van der Waals surface area (Å²) < 4.78 is 7.03. The summed E-state index contributed by atoms with van der Waals surface area (Å²) in [5.74, 6) is -0.388. The van der Waals surface area contributed by atoms with Crippen LogP contribution in [0.5, 0.6) is 0 Å². The third-order valence-electron chi connectivity index (χ3n) is 4.66. The molecule has 1 aliphatic rings. The predicted molar refractivity (Wildman–Crippen MR) is 92.6 cm³/mol. The second kappa shape index (κ2) is 5.22. The summed E-state index contributed by atoms with van der Waals surface area (Å²) in [5, 5.41) is 1.32. The van der Waals surface area contributed by atoms with Crippen LogP contribution in [0, 0.1) is 0 Å². The maximum Gasteiger partial charge on any atom is 0.328 e. The number of aryl methyl sites for hydroxylation is 3. The normalized spacial score (nSPS) is 14.4. The molecule has 0 spiro atoms. The summed E-state index contributed by atoms with van der Waals surface area (Å²) in [7, 11) is 3.48. The summed E-state index contributed by atoms with van der Waals surface area (Å²) >= 11 is 1.63. The van der Waals surface area contributed by atoms with Gasteiger partial charge in [0.05, 0.1) is 12.8 Å². The SMILES string of the molecule is COC(=O)C(N)c1cc2c(s1)CCc1c-2n(C)c2ccccc12. The van der Waals surface area contributed by atoms with E-state index in [-0.39, 0.29) is 5.97 Å². The zero-order valence-electron chi connectivity index (χ0n) is 13.1. The molecule has 1 unspecified atom stereocenters. The van der Waals surface area contributed by atoms with E-state index >= 15 is 0 Å². The highest BCUT2D eigenvalue weighted by molar-refractivity contribution is 7.12. The van der Waals surface area contributed by atoms with Gasteiger partial charge in [0.25, 0.3) is 0 Å². The molecule has 0 fully saturated rings. The van der Waals surface area contributed by atoms with E-state index in [1.165, 1.54) is 39.7 Å². The Morgan fingerprint density at radius 1 is 1.35 bits per heavy atom. The number of rotatable bonds is 2. The van der Waals surface area contributed by atoms with Crippen molar-refractivity contribution in [2.45, 2.75) is 18.9 Å². The van der Waals surface area contributed by atoms with Gasteiger partial charge in [-0.05, 0) is 30.5 Å². The minimum atomic E-state index is -0.700. The van der Waals surface area contributed by atoms with Gasteiger partial charge in [-0.3, -0.25) is 0 Å². The minimum Gasteiger partial charge on any atom is -0.468 e. The van der Waals surface area contributed by atoms with Crippen molar-refractivity contribution in [3.63, 3.8) is 0 Å². The fourth-order valence-corrected chi connectivity index (χ4v) is 4.69. The molecule has 5 heteroatoms. The molecule has 1 aromatic carbocycles. The Morgan fingerprint density at radius 3 is 2.91 bits per heavy atom. The number of hydrogen-bond acceptors (Lipinski definition) is 4. The first-order valence-corrected chi connectivity index (χ1v) is 8.46. The van der Waals surface area contributed by atoms with E-state index < -0.39 is 6.04 Å². The first-order chi connectivity index (χ1) is 11.1. The Bertz CT molecular complexity index is 923. The lowest BCUT2D eigenvalue weighted by Gasteiger charge is -2.14. The molecule has 0 saturated heterocycles. The number of aromatic nitrogens is 1. The van der Waals surface area contributed by atoms with E-state index in [1.54, 1.807) is 11.3 Å². The number of nitrogens with zero attached hydrogens (tertiary/aromatic N) is 1. The molecule has 2 aromatic heterocycles. The number of methoxy groups -OCH3 is 1. The van der Waals surface area contributed by atoms with Crippen LogP contribution in [0.1, 0.15) is 21.4 Å². The van der Waals surface area contributed by atoms with E-state index in [4.69, 9.17) is 10.5 Å². The van der Waals surface area contributed by atoms with Crippen molar-refractivity contribution in [1.29, 1.82) is 0 Å². The molecular formula is C18H18N2O2S. The third kappa shape index (κ3) is 2.04. The van der Waals surface area contributed by atoms with Crippen LogP contribution >= 0.6 is 11.3 Å². The lowest BCUT2D eigenvalue weighted by atomic mass is 9.94. The quantitative estimate of drug-likeness (QED) is 0.736. The van der Waals surface area contributed by atoms with Gasteiger partial charge in [0.15, 0.2) is 0 Å². The van der Waals surface area contributed by atoms with Crippen LogP contribution in [-0.2, 0) is 29.4 Å². The molecule has 0 saturated carbocycles. The number of nitrogens with two attached hydrogens (primary N) is 1. The summed E-state index contributed by atoms with van der Waals surface area (Å²) in [5.41, 5.74) is 11.1. The highest BCUT2D eigenvalue weighted by Gasteiger charge is 2.27. The van der Waals surface area contributed by atoms with E-state index in [0.29, 0.717) is 0 Å². The third-order valence-corrected chi connectivity index (χ3v) is 5.94. The number of carbonyl (C=O) groups is 1. The zero-order chi connectivity index (χ0) is 16.1. The van der Waals surface area contributed by atoms with Gasteiger partial charge in [0.1, 0.15) is 6.04 Å². The van der Waals surface area contributed by atoms with Gasteiger partial charge in [-0.15, -0.1) is 11.3 Å². The van der Waals surface area contributed by atoms with Crippen molar-refractivity contribution in [3.05, 3.63) is 45.6 Å². The van der Waals surface area contributed by atoms with E-state index in [1.807, 2.05) is 0 Å². The van der Waals surface area contributed by atoms with E-state index in [0.717, 1.165) is 17.7 Å². The second-order valence-corrected chi connectivity index (χ2v) is 7.06. The minimum absolute atomic E-state index is 0.388. The van der Waals surface area contributed by atoms with Crippen LogP contribution in [0.3, 0.4) is 0 Å². The number of thiophene rings is 1. The smallest absolute Gasteiger partial charge is 0.328 e. The lowest BCUT2D eigenvalue weighted by molar-refractivity contribution is -0.142. The number of fused-ring (bicyclic) bond motifs is 5. The molecule has 0 amide bonds. The Morgan fingerprint density at radius 2 is 2.13 bits per heavy atom. The average molecular weight is 326 g/mol. The number of para-hydroxylation sites is 1. The van der Waals surface area contributed by atoms with Crippen LogP contribution in [-0.4, -0.2) is 17.6 Å². The highest BCUT2D eigenvalue weighted by atomic mass is 32.1. The van der Waals surface area contributed by atoms with Crippen molar-refractivity contribution in [2.75, 3.05) is 7.11 Å². The molecule has 0 bridgehead atoms. The predicted octanol–water partition coefficient (Wildman–Crippen LogP) is 3.18. The molecule has 4 rings (SSSR count). The van der Waals surface area contributed by atoms with Crippen LogP contribution in [0.15, 0.2) is 30.3 Å². The van der Waals surface area contributed by atoms with Gasteiger partial charge in [-0.25, -0.2) is 4.79 Å². The molecule has 0 radical (unpaired) electrons. The monoisotopic (exact) mass is 326 g/mol. The first-order valence-electron chi connectivity index (χ1n) is 7.64. The highest BCUT2D eigenvalue weighted by Crippen LogP contribution is 2.43. The fourth-order valence-electron chi connectivity index (χ4n) is 3.54. The van der Waals surface area contributed by atoms with Crippen LogP contribution in [0.4, 0.5) is 0 Å². The molecule has 23 heavy (non-hydrogen) atoms. The Hall–Kier alpha value is -2.11. The molecule has 0 aliphatic heterocycles. The number of ether oxygens (including phenoxy) is 1. The molecule has 118 valence electrons. The Labute approximate surface area is 138 Å². The summed E-state index contributed by atoms with van der Waals surface area (Å²) in [6.45, 7) is 0. The van der Waals surface area contributed by atoms with Crippen molar-refractivity contribution in [1.82, 2.24) is 4.57 Å².